The molecule has 1 aromatic carbocycles. The molecule has 0 aromatic heterocycles. The van der Waals surface area contributed by atoms with Crippen LogP contribution in [-0.4, -0.2) is 32.1 Å². The summed E-state index contributed by atoms with van der Waals surface area (Å²) in [5, 5.41) is 5.59. The van der Waals surface area contributed by atoms with Gasteiger partial charge in [0, 0.05) is 20.0 Å². The van der Waals surface area contributed by atoms with Crippen molar-refractivity contribution in [3.63, 3.8) is 0 Å². The number of esters is 1. The predicted octanol–water partition coefficient (Wildman–Crippen LogP) is 1.02. The summed E-state index contributed by atoms with van der Waals surface area (Å²) in [6.45, 7) is 2.52. The van der Waals surface area contributed by atoms with Crippen molar-refractivity contribution in [2.75, 3.05) is 20.2 Å². The summed E-state index contributed by atoms with van der Waals surface area (Å²) in [6.07, 6.45) is 0.319. The van der Waals surface area contributed by atoms with Crippen LogP contribution in [0.15, 0.2) is 30.3 Å². The molecule has 1 unspecified atom stereocenters. The monoisotopic (exact) mass is 264 g/mol. The number of carbonyl (C=O) groups is 2. The van der Waals surface area contributed by atoms with Crippen molar-refractivity contribution in [3.8, 4) is 0 Å². The van der Waals surface area contributed by atoms with E-state index in [4.69, 9.17) is 4.74 Å². The van der Waals surface area contributed by atoms with E-state index in [0.29, 0.717) is 19.6 Å². The Bertz CT molecular complexity index is 406. The lowest BCUT2D eigenvalue weighted by Crippen LogP contribution is -2.33. The molecule has 0 saturated heterocycles. The molecule has 1 aromatic rings. The Hall–Kier alpha value is -1.88. The molecule has 2 N–H and O–H groups in total. The normalized spacial score (nSPS) is 11.7. The van der Waals surface area contributed by atoms with Crippen molar-refractivity contribution in [2.24, 2.45) is 0 Å². The fourth-order valence-electron chi connectivity index (χ4n) is 1.66. The van der Waals surface area contributed by atoms with E-state index >= 15 is 0 Å². The van der Waals surface area contributed by atoms with Crippen LogP contribution in [0, 0.1) is 0 Å². The lowest BCUT2D eigenvalue weighted by molar-refractivity contribution is -0.146. The van der Waals surface area contributed by atoms with Gasteiger partial charge in [-0.1, -0.05) is 30.3 Å². The minimum atomic E-state index is -0.536. The lowest BCUT2D eigenvalue weighted by Gasteiger charge is -2.17. The zero-order valence-corrected chi connectivity index (χ0v) is 11.3. The van der Waals surface area contributed by atoms with Crippen LogP contribution >= 0.6 is 0 Å². The predicted molar refractivity (Wildman–Crippen MR) is 72.5 cm³/mol. The van der Waals surface area contributed by atoms with Gasteiger partial charge in [-0.15, -0.1) is 0 Å². The molecule has 1 rings (SSSR count). The van der Waals surface area contributed by atoms with Gasteiger partial charge >= 0.3 is 5.97 Å². The van der Waals surface area contributed by atoms with E-state index in [2.05, 4.69) is 10.6 Å². The maximum absolute atomic E-state index is 11.9. The molecule has 0 spiro atoms. The van der Waals surface area contributed by atoms with Gasteiger partial charge < -0.3 is 15.4 Å². The fourth-order valence-corrected chi connectivity index (χ4v) is 1.66. The van der Waals surface area contributed by atoms with Crippen LogP contribution in [0.1, 0.15) is 24.9 Å². The Morgan fingerprint density at radius 2 is 1.95 bits per heavy atom. The molecule has 0 heterocycles. The highest BCUT2D eigenvalue weighted by molar-refractivity contribution is 5.78. The summed E-state index contributed by atoms with van der Waals surface area (Å²) in [4.78, 5) is 23.1. The van der Waals surface area contributed by atoms with Crippen LogP contribution in [0.5, 0.6) is 0 Å². The minimum Gasteiger partial charge on any atom is -0.465 e. The second-order valence-corrected chi connectivity index (χ2v) is 3.97. The Balaban J connectivity index is 2.65. The molecule has 0 aliphatic rings. The molecule has 1 atom stereocenters. The van der Waals surface area contributed by atoms with Crippen LogP contribution < -0.4 is 10.6 Å². The molecule has 0 aliphatic heterocycles. The van der Waals surface area contributed by atoms with E-state index in [1.807, 2.05) is 30.3 Å². The van der Waals surface area contributed by atoms with Crippen molar-refractivity contribution in [1.29, 1.82) is 0 Å². The molecular weight excluding hydrogens is 244 g/mol. The van der Waals surface area contributed by atoms with Gasteiger partial charge in [0.25, 0.3) is 0 Å². The molecule has 0 fully saturated rings. The number of hydrogen-bond acceptors (Lipinski definition) is 4. The Kier molecular flexibility index (Phi) is 6.60. The molecule has 0 bridgehead atoms. The molecule has 104 valence electrons. The third-order valence-electron chi connectivity index (χ3n) is 2.63. The van der Waals surface area contributed by atoms with Gasteiger partial charge in [-0.3, -0.25) is 4.79 Å². The zero-order chi connectivity index (χ0) is 14.1. The molecule has 5 heteroatoms. The van der Waals surface area contributed by atoms with Crippen LogP contribution in [0.4, 0.5) is 0 Å². The van der Waals surface area contributed by atoms with Gasteiger partial charge in [0.2, 0.25) is 5.91 Å². The summed E-state index contributed by atoms with van der Waals surface area (Å²) in [5.41, 5.74) is 0.831. The first kappa shape index (κ1) is 15.2. The maximum atomic E-state index is 11.9. The van der Waals surface area contributed by atoms with E-state index in [1.54, 1.807) is 14.0 Å². The lowest BCUT2D eigenvalue weighted by atomic mass is 10.1. The van der Waals surface area contributed by atoms with Crippen LogP contribution in [0.2, 0.25) is 0 Å². The average molecular weight is 264 g/mol. The SMILES string of the molecule is CCOC(=O)C(NCCC(=O)NC)c1ccccc1. The largest absolute Gasteiger partial charge is 0.465 e. The topological polar surface area (TPSA) is 67.4 Å². The van der Waals surface area contributed by atoms with E-state index < -0.39 is 6.04 Å². The first-order valence-electron chi connectivity index (χ1n) is 6.34. The third-order valence-corrected chi connectivity index (χ3v) is 2.63. The highest BCUT2D eigenvalue weighted by atomic mass is 16.5. The fraction of sp³-hybridized carbons (Fsp3) is 0.429. The van der Waals surface area contributed by atoms with Gasteiger partial charge in [0.15, 0.2) is 0 Å². The quantitative estimate of drug-likeness (QED) is 0.721. The molecule has 5 nitrogen and oxygen atoms in total. The molecule has 19 heavy (non-hydrogen) atoms. The van der Waals surface area contributed by atoms with E-state index in [-0.39, 0.29) is 11.9 Å². The van der Waals surface area contributed by atoms with Crippen molar-refractivity contribution >= 4 is 11.9 Å². The highest BCUT2D eigenvalue weighted by Gasteiger charge is 2.21. The van der Waals surface area contributed by atoms with Crippen molar-refractivity contribution in [1.82, 2.24) is 10.6 Å². The smallest absolute Gasteiger partial charge is 0.327 e. The zero-order valence-electron chi connectivity index (χ0n) is 11.3. The standard InChI is InChI=1S/C14H20N2O3/c1-3-19-14(18)13(11-7-5-4-6-8-11)16-10-9-12(17)15-2/h4-8,13,16H,3,9-10H2,1-2H3,(H,15,17). The number of rotatable bonds is 7. The van der Waals surface area contributed by atoms with E-state index in [0.717, 1.165) is 5.56 Å². The number of benzene rings is 1. The van der Waals surface area contributed by atoms with Crippen molar-refractivity contribution in [3.05, 3.63) is 35.9 Å². The average Bonchev–Trinajstić information content (AvgIpc) is 2.44. The van der Waals surface area contributed by atoms with Crippen LogP contribution in [-0.2, 0) is 14.3 Å². The summed E-state index contributed by atoms with van der Waals surface area (Å²) < 4.78 is 5.04. The Morgan fingerprint density at radius 3 is 2.53 bits per heavy atom. The Labute approximate surface area is 113 Å². The third kappa shape index (κ3) is 5.09. The van der Waals surface area contributed by atoms with Crippen molar-refractivity contribution in [2.45, 2.75) is 19.4 Å². The molecular formula is C14H20N2O3. The van der Waals surface area contributed by atoms with Gasteiger partial charge in [0.05, 0.1) is 6.61 Å². The minimum absolute atomic E-state index is 0.0665. The molecule has 0 radical (unpaired) electrons. The van der Waals surface area contributed by atoms with Crippen LogP contribution in [0.3, 0.4) is 0 Å². The van der Waals surface area contributed by atoms with Crippen LogP contribution in [0.25, 0.3) is 0 Å². The number of nitrogens with one attached hydrogen (secondary N) is 2. The number of hydrogen-bond donors (Lipinski definition) is 2. The summed E-state index contributed by atoms with van der Waals surface area (Å²) >= 11 is 0. The van der Waals surface area contributed by atoms with Crippen molar-refractivity contribution < 1.29 is 14.3 Å². The van der Waals surface area contributed by atoms with E-state index in [9.17, 15) is 9.59 Å². The highest BCUT2D eigenvalue weighted by Crippen LogP contribution is 2.14. The first-order valence-corrected chi connectivity index (χ1v) is 6.34. The van der Waals surface area contributed by atoms with Gasteiger partial charge in [-0.25, -0.2) is 4.79 Å². The summed E-state index contributed by atoms with van der Waals surface area (Å²) in [5.74, 6) is -0.395. The molecule has 0 saturated carbocycles. The maximum Gasteiger partial charge on any atom is 0.327 e. The second-order valence-electron chi connectivity index (χ2n) is 3.97. The van der Waals surface area contributed by atoms with E-state index in [1.165, 1.54) is 0 Å². The summed E-state index contributed by atoms with van der Waals surface area (Å²) in [6, 6.07) is 8.79. The number of carbonyl (C=O) groups excluding carboxylic acids is 2. The molecule has 1 amide bonds. The molecule has 0 aliphatic carbocycles. The second kappa shape index (κ2) is 8.26. The van der Waals surface area contributed by atoms with Gasteiger partial charge in [0.1, 0.15) is 6.04 Å². The number of ether oxygens (including phenoxy) is 1. The Morgan fingerprint density at radius 1 is 1.26 bits per heavy atom. The first-order chi connectivity index (χ1) is 9.19. The van der Waals surface area contributed by atoms with Gasteiger partial charge in [-0.05, 0) is 12.5 Å². The van der Waals surface area contributed by atoms with Gasteiger partial charge in [-0.2, -0.15) is 0 Å². The summed E-state index contributed by atoms with van der Waals surface area (Å²) in [7, 11) is 1.59. The number of amides is 1.